The molecule has 0 saturated heterocycles. The number of amides is 1. The molecule has 6 heteroatoms. The molecule has 2 aromatic heterocycles. The van der Waals surface area contributed by atoms with Crippen LogP contribution in [0.2, 0.25) is 0 Å². The van der Waals surface area contributed by atoms with Crippen LogP contribution in [0.15, 0.2) is 34.9 Å². The van der Waals surface area contributed by atoms with Crippen LogP contribution in [0.5, 0.6) is 0 Å². The highest BCUT2D eigenvalue weighted by Gasteiger charge is 2.29. The molecule has 130 valence electrons. The van der Waals surface area contributed by atoms with Crippen LogP contribution in [0.1, 0.15) is 73.7 Å². The zero-order valence-corrected chi connectivity index (χ0v) is 14.7. The molecule has 3 aromatic rings. The highest BCUT2D eigenvalue weighted by atomic mass is 16.5. The molecular weight excluding hydrogens is 316 g/mol. The molecule has 1 aromatic carbocycles. The Kier molecular flexibility index (Phi) is 3.82. The Hall–Kier alpha value is -2.63. The van der Waals surface area contributed by atoms with E-state index in [1.165, 1.54) is 0 Å². The van der Waals surface area contributed by atoms with Gasteiger partial charge in [-0.15, -0.1) is 0 Å². The second-order valence-electron chi connectivity index (χ2n) is 7.01. The van der Waals surface area contributed by atoms with Gasteiger partial charge in [0, 0.05) is 18.0 Å². The topological polar surface area (TPSA) is 73.0 Å². The molecule has 0 spiro atoms. The number of para-hydroxylation sites is 2. The minimum atomic E-state index is -0.233. The minimum Gasteiger partial charge on any atom is -0.360 e. The number of imidazole rings is 1. The lowest BCUT2D eigenvalue weighted by Crippen LogP contribution is -2.29. The molecule has 0 radical (unpaired) electrons. The van der Waals surface area contributed by atoms with Crippen LogP contribution in [-0.4, -0.2) is 20.6 Å². The maximum atomic E-state index is 12.5. The summed E-state index contributed by atoms with van der Waals surface area (Å²) in [6.45, 7) is 6.18. The summed E-state index contributed by atoms with van der Waals surface area (Å²) in [5, 5.41) is 6.91. The van der Waals surface area contributed by atoms with Gasteiger partial charge in [0.15, 0.2) is 5.69 Å². The van der Waals surface area contributed by atoms with Gasteiger partial charge in [0.1, 0.15) is 11.6 Å². The highest BCUT2D eigenvalue weighted by molar-refractivity contribution is 5.92. The van der Waals surface area contributed by atoms with Crippen LogP contribution >= 0.6 is 0 Å². The van der Waals surface area contributed by atoms with Crippen molar-refractivity contribution in [3.05, 3.63) is 47.6 Å². The van der Waals surface area contributed by atoms with Gasteiger partial charge >= 0.3 is 0 Å². The Morgan fingerprint density at radius 1 is 1.28 bits per heavy atom. The van der Waals surface area contributed by atoms with Crippen molar-refractivity contribution in [3.63, 3.8) is 0 Å². The fourth-order valence-corrected chi connectivity index (χ4v) is 3.20. The first kappa shape index (κ1) is 15.9. The minimum absolute atomic E-state index is 0.231. The average molecular weight is 338 g/mol. The molecule has 6 nitrogen and oxygen atoms in total. The van der Waals surface area contributed by atoms with Crippen molar-refractivity contribution in [3.8, 4) is 0 Å². The van der Waals surface area contributed by atoms with E-state index in [4.69, 9.17) is 9.51 Å². The van der Waals surface area contributed by atoms with Gasteiger partial charge < -0.3 is 14.4 Å². The average Bonchev–Trinajstić information content (AvgIpc) is 3.18. The Morgan fingerprint density at radius 3 is 2.76 bits per heavy atom. The van der Waals surface area contributed by atoms with Crippen LogP contribution in [0.4, 0.5) is 0 Å². The molecular formula is C19H22N4O2. The van der Waals surface area contributed by atoms with Gasteiger partial charge in [0.2, 0.25) is 0 Å². The summed E-state index contributed by atoms with van der Waals surface area (Å²) >= 11 is 0. The molecule has 2 heterocycles. The van der Waals surface area contributed by atoms with E-state index in [-0.39, 0.29) is 18.0 Å². The molecule has 25 heavy (non-hydrogen) atoms. The molecule has 1 atom stereocenters. The first-order chi connectivity index (χ1) is 12.0. The number of carbonyl (C=O) groups is 1. The second-order valence-corrected chi connectivity index (χ2v) is 7.01. The number of rotatable bonds is 5. The molecule has 0 bridgehead atoms. The van der Waals surface area contributed by atoms with Gasteiger partial charge in [0.05, 0.1) is 17.1 Å². The lowest BCUT2D eigenvalue weighted by Gasteiger charge is -2.18. The van der Waals surface area contributed by atoms with Gasteiger partial charge in [-0.05, 0) is 45.7 Å². The quantitative estimate of drug-likeness (QED) is 0.764. The van der Waals surface area contributed by atoms with Crippen LogP contribution in [-0.2, 0) is 0 Å². The summed E-state index contributed by atoms with van der Waals surface area (Å²) in [5.74, 6) is 1.87. The number of carbonyl (C=O) groups excluding carboxylic acids is 1. The predicted molar refractivity (Wildman–Crippen MR) is 94.5 cm³/mol. The highest BCUT2D eigenvalue weighted by Crippen LogP contribution is 2.40. The standard InChI is InChI=1S/C19H22N4O2/c1-11(2)23-16-7-5-4-6-14(16)21-18(23)12(3)20-19(24)15-10-17(25-22-15)13-8-9-13/h4-7,10-13H,8-9H2,1-3H3,(H,20,24)/t12-/m0/s1. The Balaban J connectivity index is 1.59. The Labute approximate surface area is 146 Å². The lowest BCUT2D eigenvalue weighted by molar-refractivity contribution is 0.0928. The van der Waals surface area contributed by atoms with Gasteiger partial charge in [-0.2, -0.15) is 0 Å². The molecule has 1 amide bonds. The predicted octanol–water partition coefficient (Wildman–Crippen LogP) is 3.97. The number of hydrogen-bond acceptors (Lipinski definition) is 4. The number of fused-ring (bicyclic) bond motifs is 1. The Morgan fingerprint density at radius 2 is 2.04 bits per heavy atom. The first-order valence-electron chi connectivity index (χ1n) is 8.79. The zero-order chi connectivity index (χ0) is 17.6. The first-order valence-corrected chi connectivity index (χ1v) is 8.79. The molecule has 1 aliphatic rings. The van der Waals surface area contributed by atoms with Gasteiger partial charge in [-0.25, -0.2) is 4.98 Å². The molecule has 0 unspecified atom stereocenters. The normalized spacial score (nSPS) is 15.7. The van der Waals surface area contributed by atoms with Crippen LogP contribution in [0.3, 0.4) is 0 Å². The van der Waals surface area contributed by atoms with Crippen molar-refractivity contribution in [2.45, 2.75) is 51.6 Å². The Bertz CT molecular complexity index is 921. The number of aromatic nitrogens is 3. The third-order valence-corrected chi connectivity index (χ3v) is 4.62. The molecule has 0 aliphatic heterocycles. The molecule has 1 aliphatic carbocycles. The van der Waals surface area contributed by atoms with Crippen LogP contribution < -0.4 is 5.32 Å². The number of nitrogens with zero attached hydrogens (tertiary/aromatic N) is 3. The fourth-order valence-electron chi connectivity index (χ4n) is 3.20. The summed E-state index contributed by atoms with van der Waals surface area (Å²) in [4.78, 5) is 17.2. The molecule has 1 saturated carbocycles. The van der Waals surface area contributed by atoms with Crippen LogP contribution in [0.25, 0.3) is 11.0 Å². The lowest BCUT2D eigenvalue weighted by atomic mass is 10.2. The van der Waals surface area contributed by atoms with Crippen molar-refractivity contribution >= 4 is 16.9 Å². The summed E-state index contributed by atoms with van der Waals surface area (Å²) in [6.07, 6.45) is 2.23. The third kappa shape index (κ3) is 2.92. The van der Waals surface area contributed by atoms with Crippen molar-refractivity contribution in [2.75, 3.05) is 0 Å². The van der Waals surface area contributed by atoms with Gasteiger partial charge in [0.25, 0.3) is 5.91 Å². The number of hydrogen-bond donors (Lipinski definition) is 1. The van der Waals surface area contributed by atoms with Crippen molar-refractivity contribution in [1.29, 1.82) is 0 Å². The molecule has 1 fully saturated rings. The van der Waals surface area contributed by atoms with E-state index >= 15 is 0 Å². The summed E-state index contributed by atoms with van der Waals surface area (Å²) in [5.41, 5.74) is 2.34. The van der Waals surface area contributed by atoms with Crippen molar-refractivity contribution < 1.29 is 9.32 Å². The summed E-state index contributed by atoms with van der Waals surface area (Å²) < 4.78 is 7.44. The second kappa shape index (κ2) is 6.02. The molecule has 1 N–H and O–H groups in total. The van der Waals surface area contributed by atoms with E-state index < -0.39 is 0 Å². The maximum Gasteiger partial charge on any atom is 0.274 e. The summed E-state index contributed by atoms with van der Waals surface area (Å²) in [6, 6.07) is 9.79. The van der Waals surface area contributed by atoms with Gasteiger partial charge in [-0.3, -0.25) is 4.79 Å². The van der Waals surface area contributed by atoms with Crippen molar-refractivity contribution in [2.24, 2.45) is 0 Å². The largest absolute Gasteiger partial charge is 0.360 e. The fraction of sp³-hybridized carbons (Fsp3) is 0.421. The summed E-state index contributed by atoms with van der Waals surface area (Å²) in [7, 11) is 0. The van der Waals surface area contributed by atoms with E-state index in [2.05, 4.69) is 35.0 Å². The van der Waals surface area contributed by atoms with Gasteiger partial charge in [-0.1, -0.05) is 17.3 Å². The van der Waals surface area contributed by atoms with E-state index in [0.717, 1.165) is 35.5 Å². The number of benzene rings is 1. The smallest absolute Gasteiger partial charge is 0.274 e. The van der Waals surface area contributed by atoms with Crippen LogP contribution in [0, 0.1) is 0 Å². The van der Waals surface area contributed by atoms with E-state index in [0.29, 0.717) is 11.6 Å². The number of nitrogens with one attached hydrogen (secondary N) is 1. The van der Waals surface area contributed by atoms with Crippen molar-refractivity contribution in [1.82, 2.24) is 20.0 Å². The maximum absolute atomic E-state index is 12.5. The SMILES string of the molecule is CC(C)n1c([C@H](C)NC(=O)c2cc(C3CC3)on2)nc2ccccc21. The third-order valence-electron chi connectivity index (χ3n) is 4.62. The zero-order valence-electron chi connectivity index (χ0n) is 14.7. The van der Waals surface area contributed by atoms with E-state index in [9.17, 15) is 4.79 Å². The van der Waals surface area contributed by atoms with E-state index in [1.807, 2.05) is 25.1 Å². The molecule has 4 rings (SSSR count). The monoisotopic (exact) mass is 338 g/mol. The van der Waals surface area contributed by atoms with E-state index in [1.54, 1.807) is 6.07 Å².